The van der Waals surface area contributed by atoms with E-state index in [0.29, 0.717) is 23.3 Å². The van der Waals surface area contributed by atoms with Gasteiger partial charge in [-0.05, 0) is 38.8 Å². The number of amides is 1. The summed E-state index contributed by atoms with van der Waals surface area (Å²) < 4.78 is 1.66. The van der Waals surface area contributed by atoms with Gasteiger partial charge in [-0.15, -0.1) is 11.3 Å². The molecule has 0 N–H and O–H groups in total. The first kappa shape index (κ1) is 14.6. The maximum Gasteiger partial charge on any atom is 0.276 e. The van der Waals surface area contributed by atoms with E-state index in [4.69, 9.17) is 11.6 Å². The van der Waals surface area contributed by atoms with Gasteiger partial charge in [0.15, 0.2) is 5.69 Å². The van der Waals surface area contributed by atoms with Gasteiger partial charge in [-0.25, -0.2) is 0 Å². The van der Waals surface area contributed by atoms with Crippen LogP contribution >= 0.6 is 22.9 Å². The Balaban J connectivity index is 1.86. The Labute approximate surface area is 133 Å². The average molecular weight is 324 g/mol. The molecule has 2 heterocycles. The molecule has 0 atom stereocenters. The lowest BCUT2D eigenvalue weighted by atomic mass is 10.3. The van der Waals surface area contributed by atoms with E-state index < -0.39 is 0 Å². The fraction of sp³-hybridized carbons (Fsp3) is 0.467. The molecule has 21 heavy (non-hydrogen) atoms. The number of rotatable bonds is 4. The molecule has 1 fully saturated rings. The summed E-state index contributed by atoms with van der Waals surface area (Å²) in [6.07, 6.45) is 2.14. The van der Waals surface area contributed by atoms with Crippen LogP contribution in [0.4, 0.5) is 0 Å². The number of hydrogen-bond donors (Lipinski definition) is 0. The van der Waals surface area contributed by atoms with Gasteiger partial charge in [-0.1, -0.05) is 11.6 Å². The summed E-state index contributed by atoms with van der Waals surface area (Å²) in [4.78, 5) is 17.2. The van der Waals surface area contributed by atoms with Gasteiger partial charge in [0.1, 0.15) is 0 Å². The zero-order valence-electron chi connectivity index (χ0n) is 12.4. The summed E-state index contributed by atoms with van der Waals surface area (Å²) in [5, 5.41) is 4.75. The normalized spacial score (nSPS) is 14.5. The Morgan fingerprint density at radius 3 is 2.67 bits per heavy atom. The topological polar surface area (TPSA) is 38.1 Å². The van der Waals surface area contributed by atoms with Crippen molar-refractivity contribution in [3.8, 4) is 0 Å². The number of aromatic nitrogens is 2. The second kappa shape index (κ2) is 5.46. The number of nitrogens with zero attached hydrogens (tertiary/aromatic N) is 3. The minimum atomic E-state index is -0.0581. The minimum Gasteiger partial charge on any atom is -0.329 e. The van der Waals surface area contributed by atoms with Crippen LogP contribution in [0.2, 0.25) is 5.02 Å². The first-order valence-corrected chi connectivity index (χ1v) is 8.22. The first-order valence-electron chi connectivity index (χ1n) is 7.02. The zero-order valence-corrected chi connectivity index (χ0v) is 14.0. The maximum absolute atomic E-state index is 12.8. The van der Waals surface area contributed by atoms with E-state index >= 15 is 0 Å². The van der Waals surface area contributed by atoms with Gasteiger partial charge < -0.3 is 4.90 Å². The lowest BCUT2D eigenvalue weighted by Gasteiger charge is -2.20. The Morgan fingerprint density at radius 1 is 1.48 bits per heavy atom. The molecule has 112 valence electrons. The molecular formula is C15H18ClN3OS. The third-order valence-corrected chi connectivity index (χ3v) is 5.27. The lowest BCUT2D eigenvalue weighted by molar-refractivity contribution is 0.0725. The molecule has 2 aromatic heterocycles. The van der Waals surface area contributed by atoms with Crippen LogP contribution in [-0.2, 0) is 13.6 Å². The molecule has 1 aliphatic rings. The van der Waals surface area contributed by atoms with Crippen molar-refractivity contribution < 1.29 is 4.79 Å². The standard InChI is InChI=1S/C15H18ClN3OS/c1-9-4-7-12(21-9)8-19(11-5-6-11)15(20)14-13(16)10(2)18(3)17-14/h4,7,11H,5-6,8H2,1-3H3. The minimum absolute atomic E-state index is 0.0581. The fourth-order valence-corrected chi connectivity index (χ4v) is 3.48. The average Bonchev–Trinajstić information content (AvgIpc) is 3.17. The van der Waals surface area contributed by atoms with Gasteiger partial charge in [0.25, 0.3) is 5.91 Å². The molecule has 1 amide bonds. The number of carbonyl (C=O) groups is 1. The maximum atomic E-state index is 12.8. The molecule has 1 aliphatic carbocycles. The Bertz CT molecular complexity index is 687. The van der Waals surface area contributed by atoms with Gasteiger partial charge in [-0.3, -0.25) is 9.48 Å². The number of halogens is 1. The van der Waals surface area contributed by atoms with Crippen LogP contribution in [0.3, 0.4) is 0 Å². The van der Waals surface area contributed by atoms with E-state index in [2.05, 4.69) is 24.2 Å². The van der Waals surface area contributed by atoms with Crippen LogP contribution < -0.4 is 0 Å². The summed E-state index contributed by atoms with van der Waals surface area (Å²) in [6.45, 7) is 4.60. The monoisotopic (exact) mass is 323 g/mol. The van der Waals surface area contributed by atoms with Crippen molar-refractivity contribution >= 4 is 28.8 Å². The van der Waals surface area contributed by atoms with Crippen molar-refractivity contribution in [3.63, 3.8) is 0 Å². The zero-order chi connectivity index (χ0) is 15.1. The van der Waals surface area contributed by atoms with E-state index in [9.17, 15) is 4.79 Å². The van der Waals surface area contributed by atoms with Gasteiger partial charge >= 0.3 is 0 Å². The van der Waals surface area contributed by atoms with E-state index in [1.165, 1.54) is 9.75 Å². The highest BCUT2D eigenvalue weighted by Crippen LogP contribution is 2.32. The number of aryl methyl sites for hydroxylation is 2. The number of hydrogen-bond acceptors (Lipinski definition) is 3. The summed E-state index contributed by atoms with van der Waals surface area (Å²) in [5.41, 5.74) is 1.19. The lowest BCUT2D eigenvalue weighted by Crippen LogP contribution is -2.32. The molecule has 0 unspecified atom stereocenters. The van der Waals surface area contributed by atoms with Crippen LogP contribution in [0.15, 0.2) is 12.1 Å². The number of carbonyl (C=O) groups excluding carboxylic acids is 1. The summed E-state index contributed by atoms with van der Waals surface area (Å²) >= 11 is 7.99. The third kappa shape index (κ3) is 2.85. The Kier molecular flexibility index (Phi) is 3.80. The van der Waals surface area contributed by atoms with E-state index in [1.54, 1.807) is 16.0 Å². The Hall–Kier alpha value is -1.33. The van der Waals surface area contributed by atoms with Crippen LogP contribution in [0.1, 0.15) is 38.8 Å². The summed E-state index contributed by atoms with van der Waals surface area (Å²) in [5.74, 6) is -0.0581. The van der Waals surface area contributed by atoms with Gasteiger partial charge in [-0.2, -0.15) is 5.10 Å². The molecular weight excluding hydrogens is 306 g/mol. The summed E-state index contributed by atoms with van der Waals surface area (Å²) in [6, 6.07) is 4.51. The second-order valence-electron chi connectivity index (χ2n) is 5.55. The fourth-order valence-electron chi connectivity index (χ4n) is 2.35. The second-order valence-corrected chi connectivity index (χ2v) is 7.30. The van der Waals surface area contributed by atoms with Crippen molar-refractivity contribution in [3.05, 3.63) is 38.3 Å². The molecule has 0 saturated heterocycles. The largest absolute Gasteiger partial charge is 0.329 e. The highest BCUT2D eigenvalue weighted by atomic mass is 35.5. The van der Waals surface area contributed by atoms with Crippen LogP contribution in [0.5, 0.6) is 0 Å². The molecule has 1 saturated carbocycles. The predicted molar refractivity (Wildman–Crippen MR) is 84.9 cm³/mol. The van der Waals surface area contributed by atoms with Crippen molar-refractivity contribution in [1.29, 1.82) is 0 Å². The molecule has 4 nitrogen and oxygen atoms in total. The molecule has 0 aliphatic heterocycles. The molecule has 3 rings (SSSR count). The first-order chi connectivity index (χ1) is 9.97. The number of thiophene rings is 1. The van der Waals surface area contributed by atoms with Crippen LogP contribution in [-0.4, -0.2) is 26.6 Å². The van der Waals surface area contributed by atoms with Crippen molar-refractivity contribution in [1.82, 2.24) is 14.7 Å². The summed E-state index contributed by atoms with van der Waals surface area (Å²) in [7, 11) is 1.81. The van der Waals surface area contributed by atoms with Crippen molar-refractivity contribution in [2.24, 2.45) is 7.05 Å². The molecule has 0 radical (unpaired) electrons. The van der Waals surface area contributed by atoms with E-state index in [1.807, 2.05) is 18.9 Å². The quantitative estimate of drug-likeness (QED) is 0.863. The predicted octanol–water partition coefficient (Wildman–Crippen LogP) is 3.56. The van der Waals surface area contributed by atoms with Gasteiger partial charge in [0.05, 0.1) is 17.3 Å². The molecule has 0 aromatic carbocycles. The highest BCUT2D eigenvalue weighted by Gasteiger charge is 2.35. The SMILES string of the molecule is Cc1ccc(CN(C(=O)c2nn(C)c(C)c2Cl)C2CC2)s1. The van der Waals surface area contributed by atoms with E-state index in [0.717, 1.165) is 18.5 Å². The van der Waals surface area contributed by atoms with Crippen LogP contribution in [0.25, 0.3) is 0 Å². The molecule has 0 spiro atoms. The van der Waals surface area contributed by atoms with Crippen molar-refractivity contribution in [2.45, 2.75) is 39.3 Å². The highest BCUT2D eigenvalue weighted by molar-refractivity contribution is 7.11. The smallest absolute Gasteiger partial charge is 0.276 e. The molecule has 0 bridgehead atoms. The molecule has 2 aromatic rings. The van der Waals surface area contributed by atoms with Gasteiger partial charge in [0, 0.05) is 22.8 Å². The van der Waals surface area contributed by atoms with Crippen LogP contribution in [0, 0.1) is 13.8 Å². The van der Waals surface area contributed by atoms with E-state index in [-0.39, 0.29) is 5.91 Å². The molecule has 6 heteroatoms. The van der Waals surface area contributed by atoms with Crippen molar-refractivity contribution in [2.75, 3.05) is 0 Å². The Morgan fingerprint density at radius 2 is 2.19 bits per heavy atom. The van der Waals surface area contributed by atoms with Gasteiger partial charge in [0.2, 0.25) is 0 Å². The third-order valence-electron chi connectivity index (χ3n) is 3.83.